The zero-order chi connectivity index (χ0) is 14.5. The predicted molar refractivity (Wildman–Crippen MR) is 80.3 cm³/mol. The summed E-state index contributed by atoms with van der Waals surface area (Å²) in [6, 6.07) is 0. The molecule has 1 aliphatic carbocycles. The molecular formula is C16H29N3O. The van der Waals surface area contributed by atoms with Crippen LogP contribution in [0.2, 0.25) is 0 Å². The molecule has 3 atom stereocenters. The van der Waals surface area contributed by atoms with E-state index in [1.165, 1.54) is 25.7 Å². The van der Waals surface area contributed by atoms with Gasteiger partial charge in [0.1, 0.15) is 12.2 Å². The summed E-state index contributed by atoms with van der Waals surface area (Å²) in [4.78, 5) is 4.34. The molecule has 1 fully saturated rings. The highest BCUT2D eigenvalue weighted by atomic mass is 16.3. The molecule has 2 rings (SSSR count). The maximum atomic E-state index is 10.5. The van der Waals surface area contributed by atoms with Crippen LogP contribution in [0.15, 0.2) is 6.33 Å². The average molecular weight is 279 g/mol. The third-order valence-corrected chi connectivity index (χ3v) is 4.57. The summed E-state index contributed by atoms with van der Waals surface area (Å²) in [5, 5.41) is 14.8. The predicted octanol–water partition coefficient (Wildman–Crippen LogP) is 3.05. The van der Waals surface area contributed by atoms with Gasteiger partial charge in [-0.25, -0.2) is 9.67 Å². The molecule has 4 heteroatoms. The monoisotopic (exact) mass is 279 g/mol. The molecule has 1 aromatic rings. The van der Waals surface area contributed by atoms with E-state index in [9.17, 15) is 5.11 Å². The lowest BCUT2D eigenvalue weighted by atomic mass is 9.77. The van der Waals surface area contributed by atoms with E-state index in [4.69, 9.17) is 0 Å². The van der Waals surface area contributed by atoms with Gasteiger partial charge in [0.25, 0.3) is 0 Å². The quantitative estimate of drug-likeness (QED) is 0.870. The second-order valence-electron chi connectivity index (χ2n) is 6.72. The summed E-state index contributed by atoms with van der Waals surface area (Å²) in [6.07, 6.45) is 8.17. The van der Waals surface area contributed by atoms with Crippen molar-refractivity contribution < 1.29 is 5.11 Å². The molecule has 0 aliphatic heterocycles. The third-order valence-electron chi connectivity index (χ3n) is 4.57. The molecule has 0 spiro atoms. The highest BCUT2D eigenvalue weighted by Crippen LogP contribution is 2.33. The molecule has 1 saturated carbocycles. The number of rotatable bonds is 6. The van der Waals surface area contributed by atoms with E-state index >= 15 is 0 Å². The molecular weight excluding hydrogens is 250 g/mol. The molecule has 1 heterocycles. The number of aromatic nitrogens is 3. The summed E-state index contributed by atoms with van der Waals surface area (Å²) in [6.45, 7) is 7.49. The molecule has 0 bridgehead atoms. The van der Waals surface area contributed by atoms with Crippen LogP contribution in [0.5, 0.6) is 0 Å². The number of nitrogens with zero attached hydrogens (tertiary/aromatic N) is 3. The van der Waals surface area contributed by atoms with Crippen molar-refractivity contribution in [3.8, 4) is 0 Å². The molecule has 0 amide bonds. The largest absolute Gasteiger partial charge is 0.392 e. The van der Waals surface area contributed by atoms with Crippen molar-refractivity contribution >= 4 is 0 Å². The van der Waals surface area contributed by atoms with Crippen LogP contribution in [0.3, 0.4) is 0 Å². The molecule has 4 nitrogen and oxygen atoms in total. The van der Waals surface area contributed by atoms with Crippen molar-refractivity contribution in [2.45, 2.75) is 71.9 Å². The fourth-order valence-corrected chi connectivity index (χ4v) is 3.35. The second-order valence-corrected chi connectivity index (χ2v) is 6.72. The first kappa shape index (κ1) is 15.5. The lowest BCUT2D eigenvalue weighted by molar-refractivity contribution is 0.0659. The van der Waals surface area contributed by atoms with Crippen LogP contribution in [0, 0.1) is 17.8 Å². The maximum absolute atomic E-state index is 10.5. The zero-order valence-electron chi connectivity index (χ0n) is 13.1. The van der Waals surface area contributed by atoms with E-state index in [-0.39, 0.29) is 6.10 Å². The maximum Gasteiger partial charge on any atom is 0.138 e. The van der Waals surface area contributed by atoms with Gasteiger partial charge in [-0.05, 0) is 30.6 Å². The van der Waals surface area contributed by atoms with Gasteiger partial charge in [-0.1, -0.05) is 40.0 Å². The average Bonchev–Trinajstić information content (AvgIpc) is 2.85. The van der Waals surface area contributed by atoms with E-state index in [0.717, 1.165) is 24.7 Å². The SMILES string of the molecule is CCC1CCCC(C(O)Cc2ncnn2CC(C)C)C1. The van der Waals surface area contributed by atoms with Gasteiger partial charge in [0.05, 0.1) is 6.10 Å². The topological polar surface area (TPSA) is 50.9 Å². The first-order valence-electron chi connectivity index (χ1n) is 8.14. The Hall–Kier alpha value is -0.900. The van der Waals surface area contributed by atoms with Gasteiger partial charge >= 0.3 is 0 Å². The van der Waals surface area contributed by atoms with Crippen LogP contribution in [0.4, 0.5) is 0 Å². The van der Waals surface area contributed by atoms with E-state index in [1.54, 1.807) is 6.33 Å². The fraction of sp³-hybridized carbons (Fsp3) is 0.875. The normalized spacial score (nSPS) is 25.1. The van der Waals surface area contributed by atoms with Crippen molar-refractivity contribution in [2.24, 2.45) is 17.8 Å². The Bertz CT molecular complexity index is 402. The highest BCUT2D eigenvalue weighted by molar-refractivity contribution is 4.91. The van der Waals surface area contributed by atoms with Crippen LogP contribution in [-0.4, -0.2) is 26.0 Å². The summed E-state index contributed by atoms with van der Waals surface area (Å²) in [7, 11) is 0. The van der Waals surface area contributed by atoms with Crippen molar-refractivity contribution in [3.63, 3.8) is 0 Å². The van der Waals surface area contributed by atoms with Crippen molar-refractivity contribution in [2.75, 3.05) is 0 Å². The summed E-state index contributed by atoms with van der Waals surface area (Å²) in [5.41, 5.74) is 0. The Kier molecular flexibility index (Phi) is 5.58. The minimum Gasteiger partial charge on any atom is -0.392 e. The van der Waals surface area contributed by atoms with Gasteiger partial charge < -0.3 is 5.11 Å². The summed E-state index contributed by atoms with van der Waals surface area (Å²) >= 11 is 0. The van der Waals surface area contributed by atoms with Gasteiger partial charge in [-0.15, -0.1) is 0 Å². The molecule has 1 aromatic heterocycles. The molecule has 20 heavy (non-hydrogen) atoms. The third kappa shape index (κ3) is 4.05. The summed E-state index contributed by atoms with van der Waals surface area (Å²) < 4.78 is 1.95. The first-order chi connectivity index (χ1) is 9.60. The lowest BCUT2D eigenvalue weighted by Crippen LogP contribution is -2.29. The molecule has 0 radical (unpaired) electrons. The molecule has 3 unspecified atom stereocenters. The van der Waals surface area contributed by atoms with E-state index in [0.29, 0.717) is 18.3 Å². The van der Waals surface area contributed by atoms with Crippen LogP contribution >= 0.6 is 0 Å². The first-order valence-corrected chi connectivity index (χ1v) is 8.14. The lowest BCUT2D eigenvalue weighted by Gasteiger charge is -2.31. The number of aliphatic hydroxyl groups excluding tert-OH is 1. The Morgan fingerprint density at radius 1 is 1.40 bits per heavy atom. The van der Waals surface area contributed by atoms with Gasteiger partial charge in [0.15, 0.2) is 0 Å². The van der Waals surface area contributed by atoms with E-state index in [2.05, 4.69) is 30.9 Å². The van der Waals surface area contributed by atoms with Crippen LogP contribution < -0.4 is 0 Å². The standard InChI is InChI=1S/C16H29N3O/c1-4-13-6-5-7-14(8-13)15(20)9-16-17-11-18-19(16)10-12(2)3/h11-15,20H,4-10H2,1-3H3. The highest BCUT2D eigenvalue weighted by Gasteiger charge is 2.27. The van der Waals surface area contributed by atoms with Crippen molar-refractivity contribution in [3.05, 3.63) is 12.2 Å². The van der Waals surface area contributed by atoms with Crippen molar-refractivity contribution in [1.29, 1.82) is 0 Å². The van der Waals surface area contributed by atoms with Crippen molar-refractivity contribution in [1.82, 2.24) is 14.8 Å². The van der Waals surface area contributed by atoms with Crippen LogP contribution in [0.1, 0.15) is 58.7 Å². The Morgan fingerprint density at radius 2 is 2.20 bits per heavy atom. The van der Waals surface area contributed by atoms with Gasteiger partial charge in [-0.2, -0.15) is 5.10 Å². The number of aliphatic hydroxyl groups is 1. The zero-order valence-corrected chi connectivity index (χ0v) is 13.1. The summed E-state index contributed by atoms with van der Waals surface area (Å²) in [5.74, 6) is 2.73. The number of hydrogen-bond donors (Lipinski definition) is 1. The molecule has 114 valence electrons. The molecule has 0 aromatic carbocycles. The van der Waals surface area contributed by atoms with Gasteiger partial charge in [0.2, 0.25) is 0 Å². The Labute approximate surface area is 122 Å². The van der Waals surface area contributed by atoms with Gasteiger partial charge in [0, 0.05) is 13.0 Å². The molecule has 1 N–H and O–H groups in total. The van der Waals surface area contributed by atoms with E-state index < -0.39 is 0 Å². The second kappa shape index (κ2) is 7.21. The van der Waals surface area contributed by atoms with E-state index in [1.807, 2.05) is 4.68 Å². The minimum atomic E-state index is -0.264. The molecule has 1 aliphatic rings. The fourth-order valence-electron chi connectivity index (χ4n) is 3.35. The van der Waals surface area contributed by atoms with Gasteiger partial charge in [-0.3, -0.25) is 0 Å². The smallest absolute Gasteiger partial charge is 0.138 e. The minimum absolute atomic E-state index is 0.264. The van der Waals surface area contributed by atoms with Crippen LogP contribution in [-0.2, 0) is 13.0 Å². The Morgan fingerprint density at radius 3 is 2.90 bits per heavy atom. The molecule has 0 saturated heterocycles. The van der Waals surface area contributed by atoms with Crippen LogP contribution in [0.25, 0.3) is 0 Å². The number of hydrogen-bond acceptors (Lipinski definition) is 3. The Balaban J connectivity index is 1.93.